The highest BCUT2D eigenvalue weighted by molar-refractivity contribution is 14.0. The molecule has 2 aliphatic carbocycles. The summed E-state index contributed by atoms with van der Waals surface area (Å²) in [4.78, 5) is 4.76. The van der Waals surface area contributed by atoms with Crippen molar-refractivity contribution in [2.24, 2.45) is 12.0 Å². The predicted molar refractivity (Wildman–Crippen MR) is 111 cm³/mol. The normalized spacial score (nSPS) is 24.4. The first-order valence-electron chi connectivity index (χ1n) is 8.61. The number of thioether (sulfide) groups is 1. The lowest BCUT2D eigenvalue weighted by atomic mass is 9.95. The van der Waals surface area contributed by atoms with Gasteiger partial charge in [0.15, 0.2) is 11.8 Å². The Morgan fingerprint density at radius 2 is 1.96 bits per heavy atom. The molecular formula is C16H29IN6S. The summed E-state index contributed by atoms with van der Waals surface area (Å²) in [5.41, 5.74) is 0. The largest absolute Gasteiger partial charge is 0.354 e. The standard InChI is InChI=1S/C16H28N6S.HI/c1-11-20-21-15(22(11)2)10-17-16(18-12-7-8-12)19-13-5-4-6-14(9-13)23-3;/h12-14H,4-10H2,1-3H3,(H2,17,18,19);1H. The SMILES string of the molecule is CSC1CCCC(NC(=NCc2nnc(C)n2C)NC2CC2)C1.I. The average Bonchev–Trinajstić information content (AvgIpc) is 3.32. The van der Waals surface area contributed by atoms with Crippen LogP contribution in [0, 0.1) is 6.92 Å². The molecule has 2 unspecified atom stereocenters. The Morgan fingerprint density at radius 1 is 1.21 bits per heavy atom. The second-order valence-corrected chi connectivity index (χ2v) is 7.81. The minimum Gasteiger partial charge on any atom is -0.354 e. The molecule has 2 N–H and O–H groups in total. The third kappa shape index (κ3) is 5.50. The highest BCUT2D eigenvalue weighted by atomic mass is 127. The number of halogens is 1. The summed E-state index contributed by atoms with van der Waals surface area (Å²) in [5.74, 6) is 2.78. The van der Waals surface area contributed by atoms with Crippen molar-refractivity contribution in [3.63, 3.8) is 0 Å². The second-order valence-electron chi connectivity index (χ2n) is 6.67. The highest BCUT2D eigenvalue weighted by Gasteiger charge is 2.26. The molecule has 1 aromatic rings. The van der Waals surface area contributed by atoms with Gasteiger partial charge in [-0.2, -0.15) is 11.8 Å². The number of nitrogens with one attached hydrogen (secondary N) is 2. The van der Waals surface area contributed by atoms with Crippen LogP contribution in [-0.4, -0.2) is 44.3 Å². The molecule has 1 aromatic heterocycles. The summed E-state index contributed by atoms with van der Waals surface area (Å²) < 4.78 is 2.00. The molecule has 2 saturated carbocycles. The van der Waals surface area contributed by atoms with E-state index in [1.54, 1.807) is 0 Å². The highest BCUT2D eigenvalue weighted by Crippen LogP contribution is 2.27. The maximum absolute atomic E-state index is 4.76. The maximum atomic E-state index is 4.76. The van der Waals surface area contributed by atoms with E-state index < -0.39 is 0 Å². The van der Waals surface area contributed by atoms with Crippen molar-refractivity contribution in [3.8, 4) is 0 Å². The molecule has 3 rings (SSSR count). The van der Waals surface area contributed by atoms with E-state index in [0.29, 0.717) is 18.6 Å². The van der Waals surface area contributed by atoms with Crippen LogP contribution in [0.2, 0.25) is 0 Å². The van der Waals surface area contributed by atoms with Gasteiger partial charge in [0.2, 0.25) is 0 Å². The zero-order chi connectivity index (χ0) is 16.2. The first kappa shape index (κ1) is 19.8. The van der Waals surface area contributed by atoms with Gasteiger partial charge in [0.25, 0.3) is 0 Å². The van der Waals surface area contributed by atoms with Crippen LogP contribution < -0.4 is 10.6 Å². The molecule has 6 nitrogen and oxygen atoms in total. The number of hydrogen-bond donors (Lipinski definition) is 2. The van der Waals surface area contributed by atoms with Gasteiger partial charge in [-0.25, -0.2) is 4.99 Å². The Balaban J connectivity index is 0.00000208. The molecule has 0 radical (unpaired) electrons. The zero-order valence-corrected chi connectivity index (χ0v) is 17.9. The predicted octanol–water partition coefficient (Wildman–Crippen LogP) is 2.61. The van der Waals surface area contributed by atoms with Gasteiger partial charge in [-0.05, 0) is 45.3 Å². The number of aromatic nitrogens is 3. The van der Waals surface area contributed by atoms with Crippen LogP contribution in [0.3, 0.4) is 0 Å². The molecule has 2 fully saturated rings. The average molecular weight is 464 g/mol. The van der Waals surface area contributed by atoms with Crippen molar-refractivity contribution < 1.29 is 0 Å². The number of hydrogen-bond acceptors (Lipinski definition) is 4. The molecule has 2 aliphatic rings. The van der Waals surface area contributed by atoms with Gasteiger partial charge in [0, 0.05) is 24.4 Å². The molecule has 0 amide bonds. The summed E-state index contributed by atoms with van der Waals surface area (Å²) in [6.45, 7) is 2.53. The summed E-state index contributed by atoms with van der Waals surface area (Å²) >= 11 is 2.00. The fourth-order valence-electron chi connectivity index (χ4n) is 2.98. The van der Waals surface area contributed by atoms with Crippen molar-refractivity contribution in [3.05, 3.63) is 11.6 Å². The quantitative estimate of drug-likeness (QED) is 0.399. The number of aryl methyl sites for hydroxylation is 1. The fraction of sp³-hybridized carbons (Fsp3) is 0.812. The number of rotatable bonds is 5. The number of aliphatic imine (C=N–C) groups is 1. The molecule has 0 aromatic carbocycles. The third-order valence-electron chi connectivity index (χ3n) is 4.78. The van der Waals surface area contributed by atoms with E-state index in [-0.39, 0.29) is 24.0 Å². The van der Waals surface area contributed by atoms with E-state index in [0.717, 1.165) is 22.9 Å². The first-order valence-corrected chi connectivity index (χ1v) is 9.89. The molecule has 0 saturated heterocycles. The smallest absolute Gasteiger partial charge is 0.192 e. The van der Waals surface area contributed by atoms with Crippen LogP contribution >= 0.6 is 35.7 Å². The summed E-state index contributed by atoms with van der Waals surface area (Å²) in [6.07, 6.45) is 9.86. The molecule has 0 aliphatic heterocycles. The van der Waals surface area contributed by atoms with Gasteiger partial charge < -0.3 is 15.2 Å². The van der Waals surface area contributed by atoms with Crippen molar-refractivity contribution in [1.82, 2.24) is 25.4 Å². The lowest BCUT2D eigenvalue weighted by molar-refractivity contribution is 0.418. The van der Waals surface area contributed by atoms with Gasteiger partial charge >= 0.3 is 0 Å². The maximum Gasteiger partial charge on any atom is 0.192 e. The topological polar surface area (TPSA) is 67.1 Å². The third-order valence-corrected chi connectivity index (χ3v) is 5.87. The Labute approximate surface area is 166 Å². The lowest BCUT2D eigenvalue weighted by Gasteiger charge is -2.30. The number of guanidine groups is 1. The van der Waals surface area contributed by atoms with Gasteiger partial charge in [-0.15, -0.1) is 34.2 Å². The van der Waals surface area contributed by atoms with Crippen molar-refractivity contribution in [2.75, 3.05) is 6.26 Å². The Morgan fingerprint density at radius 3 is 2.58 bits per heavy atom. The van der Waals surface area contributed by atoms with Gasteiger partial charge in [0.1, 0.15) is 12.4 Å². The molecule has 24 heavy (non-hydrogen) atoms. The van der Waals surface area contributed by atoms with E-state index in [1.807, 2.05) is 30.3 Å². The molecule has 0 bridgehead atoms. The second kappa shape index (κ2) is 9.26. The monoisotopic (exact) mass is 464 g/mol. The molecule has 0 spiro atoms. The van der Waals surface area contributed by atoms with E-state index in [9.17, 15) is 0 Å². The van der Waals surface area contributed by atoms with Crippen LogP contribution in [0.1, 0.15) is 50.2 Å². The Hall–Kier alpha value is -0.510. The summed E-state index contributed by atoms with van der Waals surface area (Å²) in [6, 6.07) is 1.13. The van der Waals surface area contributed by atoms with Gasteiger partial charge in [0.05, 0.1) is 0 Å². The molecule has 8 heteroatoms. The molecule has 1 heterocycles. The van der Waals surface area contributed by atoms with Crippen molar-refractivity contribution in [2.45, 2.75) is 69.3 Å². The minimum atomic E-state index is 0. The Kier molecular flexibility index (Phi) is 7.64. The first-order chi connectivity index (χ1) is 11.2. The Bertz CT molecular complexity index is 557. The van der Waals surface area contributed by atoms with Crippen LogP contribution in [0.15, 0.2) is 4.99 Å². The number of nitrogens with zero attached hydrogens (tertiary/aromatic N) is 4. The van der Waals surface area contributed by atoms with Crippen molar-refractivity contribution in [1.29, 1.82) is 0 Å². The van der Waals surface area contributed by atoms with Crippen LogP contribution in [-0.2, 0) is 13.6 Å². The molecule has 136 valence electrons. The van der Waals surface area contributed by atoms with Gasteiger partial charge in [-0.3, -0.25) is 0 Å². The van der Waals surface area contributed by atoms with Crippen LogP contribution in [0.5, 0.6) is 0 Å². The van der Waals surface area contributed by atoms with E-state index in [4.69, 9.17) is 4.99 Å². The fourth-order valence-corrected chi connectivity index (χ4v) is 3.80. The van der Waals surface area contributed by atoms with Crippen LogP contribution in [0.25, 0.3) is 0 Å². The lowest BCUT2D eigenvalue weighted by Crippen LogP contribution is -2.46. The summed E-state index contributed by atoms with van der Waals surface area (Å²) in [5, 5.41) is 16.3. The minimum absolute atomic E-state index is 0. The van der Waals surface area contributed by atoms with Crippen LogP contribution in [0.4, 0.5) is 0 Å². The molecular weight excluding hydrogens is 435 g/mol. The van der Waals surface area contributed by atoms with Crippen molar-refractivity contribution >= 4 is 41.7 Å². The van der Waals surface area contributed by atoms with Gasteiger partial charge in [-0.1, -0.05) is 6.42 Å². The molecule has 2 atom stereocenters. The van der Waals surface area contributed by atoms with E-state index >= 15 is 0 Å². The summed E-state index contributed by atoms with van der Waals surface area (Å²) in [7, 11) is 1.99. The zero-order valence-electron chi connectivity index (χ0n) is 14.8. The van der Waals surface area contributed by atoms with E-state index in [1.165, 1.54) is 38.5 Å². The van der Waals surface area contributed by atoms with E-state index in [2.05, 4.69) is 27.1 Å².